The van der Waals surface area contributed by atoms with Crippen LogP contribution in [0.25, 0.3) is 0 Å². The lowest BCUT2D eigenvalue weighted by molar-refractivity contribution is 0.102. The number of thiazole rings is 1. The third-order valence-electron chi connectivity index (χ3n) is 3.06. The van der Waals surface area contributed by atoms with Gasteiger partial charge in [0.05, 0.1) is 22.6 Å². The van der Waals surface area contributed by atoms with Gasteiger partial charge in [-0.25, -0.2) is 9.97 Å². The van der Waals surface area contributed by atoms with Crippen molar-refractivity contribution in [1.82, 2.24) is 15.0 Å². The van der Waals surface area contributed by atoms with E-state index >= 15 is 0 Å². The molecule has 1 amide bonds. The topological polar surface area (TPSA) is 77.0 Å². The highest BCUT2D eigenvalue weighted by Gasteiger charge is 2.11. The summed E-state index contributed by atoms with van der Waals surface area (Å²) in [5.74, 6) is 0.148. The van der Waals surface area contributed by atoms with Crippen LogP contribution in [0.1, 0.15) is 21.9 Å². The molecule has 0 saturated carbocycles. The minimum atomic E-state index is -0.366. The highest BCUT2D eigenvalue weighted by atomic mass is 35.5. The van der Waals surface area contributed by atoms with Gasteiger partial charge in [0.25, 0.3) is 5.91 Å². The summed E-state index contributed by atoms with van der Waals surface area (Å²) in [4.78, 5) is 24.5. The van der Waals surface area contributed by atoms with Crippen molar-refractivity contribution >= 4 is 45.6 Å². The average Bonchev–Trinajstić information content (AvgIpc) is 3.02. The van der Waals surface area contributed by atoms with Gasteiger partial charge in [0.1, 0.15) is 18.1 Å². The number of nitrogens with one attached hydrogen (secondary N) is 1. The van der Waals surface area contributed by atoms with Crippen LogP contribution in [0.3, 0.4) is 0 Å². The molecule has 0 bridgehead atoms. The number of hydrogen-bond acceptors (Lipinski definition) is 6. The monoisotopic (exact) mass is 394 g/mol. The molecule has 3 aromatic rings. The van der Waals surface area contributed by atoms with Gasteiger partial charge in [-0.2, -0.15) is 0 Å². The molecule has 2 aromatic heterocycles. The lowest BCUT2D eigenvalue weighted by Crippen LogP contribution is -2.14. The summed E-state index contributed by atoms with van der Waals surface area (Å²) in [5, 5.41) is 5.89. The zero-order valence-corrected chi connectivity index (χ0v) is 15.3. The molecular weight excluding hydrogens is 383 g/mol. The van der Waals surface area contributed by atoms with Crippen LogP contribution in [0.4, 0.5) is 5.13 Å². The molecule has 1 aromatic carbocycles. The van der Waals surface area contributed by atoms with Gasteiger partial charge in [-0.15, -0.1) is 11.3 Å². The summed E-state index contributed by atoms with van der Waals surface area (Å²) in [5.41, 5.74) is 1.64. The summed E-state index contributed by atoms with van der Waals surface area (Å²) < 4.78 is 5.61. The first-order valence-electron chi connectivity index (χ1n) is 7.13. The van der Waals surface area contributed by atoms with Crippen LogP contribution in [-0.4, -0.2) is 20.9 Å². The van der Waals surface area contributed by atoms with Gasteiger partial charge >= 0.3 is 0 Å². The van der Waals surface area contributed by atoms with E-state index in [0.29, 0.717) is 26.6 Å². The third-order valence-corrected chi connectivity index (χ3v) is 4.39. The molecule has 0 saturated heterocycles. The predicted octanol–water partition coefficient (Wildman–Crippen LogP) is 4.38. The molecule has 25 heavy (non-hydrogen) atoms. The van der Waals surface area contributed by atoms with E-state index in [0.717, 1.165) is 5.69 Å². The summed E-state index contributed by atoms with van der Waals surface area (Å²) in [6, 6.07) is 4.99. The van der Waals surface area contributed by atoms with Crippen molar-refractivity contribution < 1.29 is 9.53 Å². The van der Waals surface area contributed by atoms with Crippen LogP contribution >= 0.6 is 34.5 Å². The van der Waals surface area contributed by atoms with Crippen LogP contribution in [0.5, 0.6) is 5.75 Å². The van der Waals surface area contributed by atoms with E-state index in [4.69, 9.17) is 27.9 Å². The Morgan fingerprint density at radius 1 is 1.28 bits per heavy atom. The first kappa shape index (κ1) is 17.6. The number of aromatic nitrogens is 3. The zero-order valence-electron chi connectivity index (χ0n) is 13.0. The Morgan fingerprint density at radius 2 is 2.12 bits per heavy atom. The maximum Gasteiger partial charge on any atom is 0.277 e. The van der Waals surface area contributed by atoms with E-state index in [1.165, 1.54) is 23.7 Å². The minimum Gasteiger partial charge on any atom is -0.486 e. The summed E-state index contributed by atoms with van der Waals surface area (Å²) in [6.45, 7) is 2.02. The van der Waals surface area contributed by atoms with E-state index in [1.54, 1.807) is 30.5 Å². The van der Waals surface area contributed by atoms with Crippen molar-refractivity contribution in [3.63, 3.8) is 0 Å². The molecule has 0 radical (unpaired) electrons. The molecule has 0 spiro atoms. The second-order valence-corrected chi connectivity index (χ2v) is 6.71. The predicted molar refractivity (Wildman–Crippen MR) is 97.6 cm³/mol. The smallest absolute Gasteiger partial charge is 0.277 e. The van der Waals surface area contributed by atoms with E-state index in [2.05, 4.69) is 20.3 Å². The number of ether oxygens (including phenoxy) is 1. The number of halogens is 2. The Hall–Kier alpha value is -2.22. The van der Waals surface area contributed by atoms with E-state index < -0.39 is 0 Å². The quantitative estimate of drug-likeness (QED) is 0.694. The molecule has 1 N–H and O–H groups in total. The van der Waals surface area contributed by atoms with Crippen molar-refractivity contribution in [3.8, 4) is 5.75 Å². The number of carbonyl (C=O) groups is 1. The maximum atomic E-state index is 12.1. The van der Waals surface area contributed by atoms with Gasteiger partial charge in [0.2, 0.25) is 0 Å². The van der Waals surface area contributed by atoms with E-state index in [9.17, 15) is 4.79 Å². The van der Waals surface area contributed by atoms with Crippen LogP contribution in [0.2, 0.25) is 10.0 Å². The zero-order chi connectivity index (χ0) is 17.8. The molecular formula is C16H12Cl2N4O2S. The highest BCUT2D eigenvalue weighted by molar-refractivity contribution is 7.13. The fourth-order valence-corrected chi connectivity index (χ4v) is 3.00. The fraction of sp³-hybridized carbons (Fsp3) is 0.125. The molecule has 128 valence electrons. The lowest BCUT2D eigenvalue weighted by atomic mass is 10.3. The molecule has 0 unspecified atom stereocenters. The average molecular weight is 395 g/mol. The van der Waals surface area contributed by atoms with Gasteiger partial charge in [0.15, 0.2) is 5.13 Å². The second-order valence-electron chi connectivity index (χ2n) is 5.00. The number of rotatable bonds is 5. The highest BCUT2D eigenvalue weighted by Crippen LogP contribution is 2.28. The van der Waals surface area contributed by atoms with Crippen molar-refractivity contribution in [2.24, 2.45) is 0 Å². The number of benzene rings is 1. The van der Waals surface area contributed by atoms with Crippen LogP contribution in [-0.2, 0) is 6.61 Å². The van der Waals surface area contributed by atoms with Gasteiger partial charge < -0.3 is 4.74 Å². The van der Waals surface area contributed by atoms with Gasteiger partial charge in [-0.05, 0) is 25.1 Å². The first-order valence-corrected chi connectivity index (χ1v) is 8.77. The van der Waals surface area contributed by atoms with Gasteiger partial charge in [0, 0.05) is 16.6 Å². The third kappa shape index (κ3) is 4.66. The normalized spacial score (nSPS) is 10.5. The Kier molecular flexibility index (Phi) is 5.47. The number of aryl methyl sites for hydroxylation is 1. The number of hydrogen-bond donors (Lipinski definition) is 1. The minimum absolute atomic E-state index is 0.220. The Morgan fingerprint density at radius 3 is 2.84 bits per heavy atom. The van der Waals surface area contributed by atoms with Gasteiger partial charge in [-0.1, -0.05) is 23.2 Å². The lowest BCUT2D eigenvalue weighted by Gasteiger charge is -2.06. The van der Waals surface area contributed by atoms with Gasteiger partial charge in [-0.3, -0.25) is 15.1 Å². The second kappa shape index (κ2) is 7.77. The Labute approximate surface area is 157 Å². The first-order chi connectivity index (χ1) is 12.0. The fourth-order valence-electron chi connectivity index (χ4n) is 1.85. The molecule has 0 aliphatic carbocycles. The number of anilines is 1. The molecule has 3 rings (SSSR count). The SMILES string of the molecule is Cc1cnc(C(=O)Nc2nc(COc3ccc(Cl)cc3Cl)cs2)cn1. The number of nitrogens with zero attached hydrogens (tertiary/aromatic N) is 3. The number of carbonyl (C=O) groups excluding carboxylic acids is 1. The number of amides is 1. The molecule has 6 nitrogen and oxygen atoms in total. The van der Waals surface area contributed by atoms with Crippen LogP contribution < -0.4 is 10.1 Å². The van der Waals surface area contributed by atoms with Crippen LogP contribution in [0, 0.1) is 6.92 Å². The Balaban J connectivity index is 1.60. The van der Waals surface area contributed by atoms with Crippen LogP contribution in [0.15, 0.2) is 36.0 Å². The Bertz CT molecular complexity index is 899. The molecule has 0 fully saturated rings. The summed E-state index contributed by atoms with van der Waals surface area (Å²) in [7, 11) is 0. The van der Waals surface area contributed by atoms with Crippen molar-refractivity contribution in [2.75, 3.05) is 5.32 Å². The molecule has 0 aliphatic heterocycles. The van der Waals surface area contributed by atoms with Crippen molar-refractivity contribution in [2.45, 2.75) is 13.5 Å². The van der Waals surface area contributed by atoms with Crippen molar-refractivity contribution in [1.29, 1.82) is 0 Å². The van der Waals surface area contributed by atoms with Crippen molar-refractivity contribution in [3.05, 3.63) is 63.1 Å². The standard InChI is InChI=1S/C16H12Cl2N4O2S/c1-9-5-20-13(6-19-9)15(23)22-16-21-11(8-25-16)7-24-14-3-2-10(17)4-12(14)18/h2-6,8H,7H2,1H3,(H,21,22,23). The molecule has 0 aliphatic rings. The van der Waals surface area contributed by atoms with E-state index in [-0.39, 0.29) is 18.2 Å². The molecule has 2 heterocycles. The maximum absolute atomic E-state index is 12.1. The largest absolute Gasteiger partial charge is 0.486 e. The summed E-state index contributed by atoms with van der Waals surface area (Å²) >= 11 is 13.2. The van der Waals surface area contributed by atoms with E-state index in [1.807, 2.05) is 0 Å². The molecule has 9 heteroatoms. The summed E-state index contributed by atoms with van der Waals surface area (Å²) in [6.07, 6.45) is 2.96. The molecule has 0 atom stereocenters.